The molecule has 0 amide bonds. The predicted molar refractivity (Wildman–Crippen MR) is 75.5 cm³/mol. The van der Waals surface area contributed by atoms with Crippen LogP contribution in [0.2, 0.25) is 0 Å². The molecule has 0 radical (unpaired) electrons. The van der Waals surface area contributed by atoms with Gasteiger partial charge in [0.15, 0.2) is 0 Å². The minimum atomic E-state index is 0.222. The molecule has 0 saturated heterocycles. The first-order valence-electron chi connectivity index (χ1n) is 6.48. The van der Waals surface area contributed by atoms with E-state index in [2.05, 4.69) is 38.2 Å². The zero-order valence-electron chi connectivity index (χ0n) is 12.1. The van der Waals surface area contributed by atoms with Crippen molar-refractivity contribution < 1.29 is 9.47 Å². The fraction of sp³-hybridized carbons (Fsp3) is 0.600. The molecule has 18 heavy (non-hydrogen) atoms. The Labute approximate surface area is 110 Å². The van der Waals surface area contributed by atoms with Crippen molar-refractivity contribution >= 4 is 0 Å². The summed E-state index contributed by atoms with van der Waals surface area (Å²) >= 11 is 0. The highest BCUT2D eigenvalue weighted by molar-refractivity contribution is 5.36. The van der Waals surface area contributed by atoms with Crippen molar-refractivity contribution in [2.24, 2.45) is 0 Å². The summed E-state index contributed by atoms with van der Waals surface area (Å²) in [4.78, 5) is 0. The van der Waals surface area contributed by atoms with Crippen molar-refractivity contribution in [3.05, 3.63) is 29.3 Å². The van der Waals surface area contributed by atoms with Crippen LogP contribution < -0.4 is 10.1 Å². The number of nitrogens with one attached hydrogen (secondary N) is 1. The summed E-state index contributed by atoms with van der Waals surface area (Å²) in [6.07, 6.45) is 0. The van der Waals surface area contributed by atoms with E-state index in [1.54, 1.807) is 7.11 Å². The van der Waals surface area contributed by atoms with Crippen LogP contribution in [0.1, 0.15) is 30.9 Å². The van der Waals surface area contributed by atoms with Gasteiger partial charge in [-0.1, -0.05) is 19.9 Å². The van der Waals surface area contributed by atoms with Crippen LogP contribution in [0.4, 0.5) is 0 Å². The highest BCUT2D eigenvalue weighted by Gasteiger charge is 2.08. The molecular formula is C15H25NO2. The molecule has 0 saturated carbocycles. The first-order chi connectivity index (χ1) is 8.58. The maximum Gasteiger partial charge on any atom is 0.119 e. The molecule has 3 nitrogen and oxygen atoms in total. The van der Waals surface area contributed by atoms with E-state index in [0.717, 1.165) is 5.75 Å². The van der Waals surface area contributed by atoms with Crippen LogP contribution in [-0.4, -0.2) is 33.4 Å². The molecule has 3 heteroatoms. The third-order valence-electron chi connectivity index (χ3n) is 3.09. The van der Waals surface area contributed by atoms with Crippen LogP contribution in [-0.2, 0) is 4.74 Å². The summed E-state index contributed by atoms with van der Waals surface area (Å²) in [6, 6.07) is 6.52. The second kappa shape index (κ2) is 7.39. The Balaban J connectivity index is 2.60. The van der Waals surface area contributed by atoms with E-state index < -0.39 is 0 Å². The maximum atomic E-state index is 5.78. The van der Waals surface area contributed by atoms with Crippen LogP contribution in [0.3, 0.4) is 0 Å². The van der Waals surface area contributed by atoms with E-state index in [1.807, 2.05) is 13.1 Å². The molecule has 1 unspecified atom stereocenters. The topological polar surface area (TPSA) is 30.5 Å². The Morgan fingerprint density at radius 2 is 1.94 bits per heavy atom. The van der Waals surface area contributed by atoms with Crippen molar-refractivity contribution in [1.29, 1.82) is 0 Å². The van der Waals surface area contributed by atoms with Gasteiger partial charge in [-0.3, -0.25) is 0 Å². The van der Waals surface area contributed by atoms with E-state index in [0.29, 0.717) is 19.1 Å². The Bertz CT molecular complexity index is 364. The standard InChI is InChI=1S/C15H25NO2/c1-11(2)15-7-6-14(8-12(15)3)18-10-13(16-4)9-17-5/h6-8,11,13,16H,9-10H2,1-5H3. The largest absolute Gasteiger partial charge is 0.492 e. The van der Waals surface area contributed by atoms with Gasteiger partial charge in [-0.2, -0.15) is 0 Å². The normalized spacial score (nSPS) is 12.8. The van der Waals surface area contributed by atoms with E-state index in [4.69, 9.17) is 9.47 Å². The average molecular weight is 251 g/mol. The van der Waals surface area contributed by atoms with Crippen LogP contribution >= 0.6 is 0 Å². The summed E-state index contributed by atoms with van der Waals surface area (Å²) in [7, 11) is 3.62. The molecule has 0 bridgehead atoms. The second-order valence-electron chi connectivity index (χ2n) is 4.93. The lowest BCUT2D eigenvalue weighted by Crippen LogP contribution is -2.35. The molecule has 0 fully saturated rings. The van der Waals surface area contributed by atoms with Crippen molar-refractivity contribution in [3.8, 4) is 5.75 Å². The van der Waals surface area contributed by atoms with Crippen molar-refractivity contribution in [3.63, 3.8) is 0 Å². The minimum absolute atomic E-state index is 0.222. The number of ether oxygens (including phenoxy) is 2. The smallest absolute Gasteiger partial charge is 0.119 e. The van der Waals surface area contributed by atoms with Crippen molar-refractivity contribution in [2.45, 2.75) is 32.7 Å². The summed E-state index contributed by atoms with van der Waals surface area (Å²) < 4.78 is 10.9. The van der Waals surface area contributed by atoms with Crippen molar-refractivity contribution in [1.82, 2.24) is 5.32 Å². The Morgan fingerprint density at radius 3 is 2.44 bits per heavy atom. The Morgan fingerprint density at radius 1 is 1.22 bits per heavy atom. The number of methoxy groups -OCH3 is 1. The third-order valence-corrected chi connectivity index (χ3v) is 3.09. The van der Waals surface area contributed by atoms with Gasteiger partial charge >= 0.3 is 0 Å². The minimum Gasteiger partial charge on any atom is -0.492 e. The summed E-state index contributed by atoms with van der Waals surface area (Å²) in [5.41, 5.74) is 2.67. The first kappa shape index (κ1) is 15.0. The summed E-state index contributed by atoms with van der Waals surface area (Å²) in [5, 5.41) is 3.17. The molecule has 0 aliphatic heterocycles. The van der Waals surface area contributed by atoms with E-state index >= 15 is 0 Å². The molecule has 1 N–H and O–H groups in total. The third kappa shape index (κ3) is 4.31. The molecular weight excluding hydrogens is 226 g/mol. The first-order valence-corrected chi connectivity index (χ1v) is 6.48. The molecule has 0 heterocycles. The fourth-order valence-corrected chi connectivity index (χ4v) is 2.00. The molecule has 1 atom stereocenters. The monoisotopic (exact) mass is 251 g/mol. The van der Waals surface area contributed by atoms with E-state index in [1.165, 1.54) is 11.1 Å². The van der Waals surface area contributed by atoms with E-state index in [9.17, 15) is 0 Å². The highest BCUT2D eigenvalue weighted by Crippen LogP contribution is 2.23. The van der Waals surface area contributed by atoms with Gasteiger partial charge in [-0.05, 0) is 43.1 Å². The lowest BCUT2D eigenvalue weighted by Gasteiger charge is -2.17. The molecule has 102 valence electrons. The fourth-order valence-electron chi connectivity index (χ4n) is 2.00. The molecule has 0 aliphatic rings. The molecule has 0 aliphatic carbocycles. The maximum absolute atomic E-state index is 5.78. The zero-order chi connectivity index (χ0) is 13.5. The summed E-state index contributed by atoms with van der Waals surface area (Å²) in [5.74, 6) is 1.48. The number of hydrogen-bond donors (Lipinski definition) is 1. The predicted octanol–water partition coefficient (Wildman–Crippen LogP) is 2.73. The Hall–Kier alpha value is -1.06. The van der Waals surface area contributed by atoms with Gasteiger partial charge in [0.05, 0.1) is 12.6 Å². The lowest BCUT2D eigenvalue weighted by molar-refractivity contribution is 0.140. The number of benzene rings is 1. The Kier molecular flexibility index (Phi) is 6.16. The van der Waals surface area contributed by atoms with Gasteiger partial charge < -0.3 is 14.8 Å². The summed E-state index contributed by atoms with van der Waals surface area (Å²) in [6.45, 7) is 7.81. The van der Waals surface area contributed by atoms with Gasteiger partial charge in [0, 0.05) is 7.11 Å². The van der Waals surface area contributed by atoms with Crippen LogP contribution in [0, 0.1) is 6.92 Å². The average Bonchev–Trinajstić information content (AvgIpc) is 2.34. The van der Waals surface area contributed by atoms with Crippen LogP contribution in [0.25, 0.3) is 0 Å². The van der Waals surface area contributed by atoms with Crippen molar-refractivity contribution in [2.75, 3.05) is 27.4 Å². The van der Waals surface area contributed by atoms with Crippen LogP contribution in [0.5, 0.6) is 5.75 Å². The van der Waals surface area contributed by atoms with Gasteiger partial charge in [-0.15, -0.1) is 0 Å². The lowest BCUT2D eigenvalue weighted by atomic mass is 9.98. The van der Waals surface area contributed by atoms with Gasteiger partial charge in [0.25, 0.3) is 0 Å². The van der Waals surface area contributed by atoms with E-state index in [-0.39, 0.29) is 6.04 Å². The number of aryl methyl sites for hydroxylation is 1. The number of likely N-dealkylation sites (N-methyl/N-ethyl adjacent to an activating group) is 1. The SMILES string of the molecule is CNC(COC)COc1ccc(C(C)C)c(C)c1. The number of rotatable bonds is 7. The molecule has 0 aromatic heterocycles. The quantitative estimate of drug-likeness (QED) is 0.808. The molecule has 0 spiro atoms. The van der Waals surface area contributed by atoms with Gasteiger partial charge in [0.2, 0.25) is 0 Å². The number of hydrogen-bond acceptors (Lipinski definition) is 3. The highest BCUT2D eigenvalue weighted by atomic mass is 16.5. The molecule has 1 aromatic rings. The second-order valence-corrected chi connectivity index (χ2v) is 4.93. The van der Waals surface area contributed by atoms with Crippen LogP contribution in [0.15, 0.2) is 18.2 Å². The zero-order valence-corrected chi connectivity index (χ0v) is 12.1. The molecule has 1 rings (SSSR count). The van der Waals surface area contributed by atoms with Gasteiger partial charge in [-0.25, -0.2) is 0 Å². The molecule has 1 aromatic carbocycles. The van der Waals surface area contributed by atoms with Gasteiger partial charge in [0.1, 0.15) is 12.4 Å².